The number of halogens is 2. The lowest BCUT2D eigenvalue weighted by Crippen LogP contribution is -2.40. The fourth-order valence-corrected chi connectivity index (χ4v) is 4.19. The summed E-state index contributed by atoms with van der Waals surface area (Å²) in [6.45, 7) is -0.929. The van der Waals surface area contributed by atoms with Gasteiger partial charge in [0, 0.05) is 32.0 Å². The summed E-state index contributed by atoms with van der Waals surface area (Å²) in [6.07, 6.45) is 6.17. The predicted octanol–water partition coefficient (Wildman–Crippen LogP) is 3.63. The molecule has 1 aromatic heterocycles. The molecule has 1 unspecified atom stereocenters. The average molecular weight is 390 g/mol. The molecule has 2 aromatic rings. The van der Waals surface area contributed by atoms with Gasteiger partial charge in [0.05, 0.1) is 5.56 Å². The second-order valence-electron chi connectivity index (χ2n) is 7.40. The molecule has 3 heterocycles. The Labute approximate surface area is 162 Å². The fraction of sp³-hybridized carbons (Fsp3) is 0.550. The van der Waals surface area contributed by atoms with Crippen molar-refractivity contribution < 1.29 is 18.3 Å². The zero-order valence-electron chi connectivity index (χ0n) is 15.7. The van der Waals surface area contributed by atoms with Crippen LogP contribution in [0.2, 0.25) is 0 Å². The summed E-state index contributed by atoms with van der Waals surface area (Å²) in [4.78, 5) is 14.7. The van der Waals surface area contributed by atoms with Crippen LogP contribution in [0.3, 0.4) is 0 Å². The molecule has 1 atom stereocenters. The largest absolute Gasteiger partial charge is 0.434 e. The van der Waals surface area contributed by atoms with Gasteiger partial charge in [-0.15, -0.1) is 10.2 Å². The average Bonchev–Trinajstić information content (AvgIpc) is 2.96. The van der Waals surface area contributed by atoms with E-state index < -0.39 is 6.61 Å². The van der Waals surface area contributed by atoms with Crippen molar-refractivity contribution in [1.82, 2.24) is 19.7 Å². The van der Waals surface area contributed by atoms with E-state index in [0.29, 0.717) is 13.1 Å². The molecule has 6 nitrogen and oxygen atoms in total. The Kier molecular flexibility index (Phi) is 5.54. The molecule has 1 fully saturated rings. The summed E-state index contributed by atoms with van der Waals surface area (Å²) in [5.74, 6) is 1.73. The van der Waals surface area contributed by atoms with Crippen LogP contribution in [0, 0.1) is 0 Å². The Morgan fingerprint density at radius 3 is 2.82 bits per heavy atom. The summed E-state index contributed by atoms with van der Waals surface area (Å²) < 4.78 is 32.1. The molecule has 0 saturated carbocycles. The van der Waals surface area contributed by atoms with Gasteiger partial charge in [-0.3, -0.25) is 4.79 Å². The third-order valence-corrected chi connectivity index (χ3v) is 5.55. The number of ether oxygens (including phenoxy) is 1. The molecule has 8 heteroatoms. The first-order valence-corrected chi connectivity index (χ1v) is 9.88. The first-order valence-electron chi connectivity index (χ1n) is 9.88. The van der Waals surface area contributed by atoms with E-state index in [1.807, 2.05) is 0 Å². The highest BCUT2D eigenvalue weighted by molar-refractivity contribution is 5.97. The molecule has 0 bridgehead atoms. The third kappa shape index (κ3) is 3.86. The van der Waals surface area contributed by atoms with Crippen LogP contribution in [0.5, 0.6) is 5.75 Å². The SMILES string of the molecule is O=C(c1ccccc1OC(F)F)N1CCCC(c2nnc3n2CCCCC3)C1. The van der Waals surface area contributed by atoms with E-state index in [9.17, 15) is 13.6 Å². The number of piperidine rings is 1. The number of aromatic nitrogens is 3. The van der Waals surface area contributed by atoms with Gasteiger partial charge in [-0.2, -0.15) is 8.78 Å². The number of fused-ring (bicyclic) bond motifs is 1. The number of aryl methyl sites for hydroxylation is 1. The number of hydrogen-bond donors (Lipinski definition) is 0. The minimum atomic E-state index is -2.96. The van der Waals surface area contributed by atoms with Crippen molar-refractivity contribution in [1.29, 1.82) is 0 Å². The molecular formula is C20H24F2N4O2. The van der Waals surface area contributed by atoms with E-state index in [1.54, 1.807) is 17.0 Å². The zero-order valence-corrected chi connectivity index (χ0v) is 15.7. The minimum Gasteiger partial charge on any atom is -0.434 e. The highest BCUT2D eigenvalue weighted by Crippen LogP contribution is 2.30. The van der Waals surface area contributed by atoms with Crippen molar-refractivity contribution in [2.24, 2.45) is 0 Å². The molecule has 0 aliphatic carbocycles. The van der Waals surface area contributed by atoms with Crippen LogP contribution in [-0.2, 0) is 13.0 Å². The Balaban J connectivity index is 1.53. The second-order valence-corrected chi connectivity index (χ2v) is 7.40. The lowest BCUT2D eigenvalue weighted by Gasteiger charge is -2.33. The molecule has 4 rings (SSSR count). The Morgan fingerprint density at radius 2 is 1.96 bits per heavy atom. The number of hydrogen-bond acceptors (Lipinski definition) is 4. The first-order chi connectivity index (χ1) is 13.6. The fourth-order valence-electron chi connectivity index (χ4n) is 4.19. The minimum absolute atomic E-state index is 0.0824. The predicted molar refractivity (Wildman–Crippen MR) is 98.5 cm³/mol. The van der Waals surface area contributed by atoms with Crippen molar-refractivity contribution in [3.8, 4) is 5.75 Å². The van der Waals surface area contributed by atoms with E-state index in [1.165, 1.54) is 18.6 Å². The van der Waals surface area contributed by atoms with E-state index in [0.717, 1.165) is 50.3 Å². The number of carbonyl (C=O) groups excluding carboxylic acids is 1. The molecule has 0 N–H and O–H groups in total. The maximum Gasteiger partial charge on any atom is 0.387 e. The van der Waals surface area contributed by atoms with E-state index in [-0.39, 0.29) is 23.1 Å². The Hall–Kier alpha value is -2.51. The van der Waals surface area contributed by atoms with Crippen LogP contribution in [0.1, 0.15) is 60.0 Å². The lowest BCUT2D eigenvalue weighted by atomic mass is 9.96. The van der Waals surface area contributed by atoms with Gasteiger partial charge in [0.1, 0.15) is 17.4 Å². The van der Waals surface area contributed by atoms with Crippen molar-refractivity contribution >= 4 is 5.91 Å². The number of benzene rings is 1. The molecule has 2 aliphatic rings. The number of para-hydroxylation sites is 1. The smallest absolute Gasteiger partial charge is 0.387 e. The summed E-state index contributed by atoms with van der Waals surface area (Å²) in [5, 5.41) is 8.81. The van der Waals surface area contributed by atoms with E-state index in [2.05, 4.69) is 19.5 Å². The number of rotatable bonds is 4. The summed E-state index contributed by atoms with van der Waals surface area (Å²) >= 11 is 0. The van der Waals surface area contributed by atoms with E-state index in [4.69, 9.17) is 0 Å². The Bertz CT molecular complexity index is 839. The quantitative estimate of drug-likeness (QED) is 0.800. The van der Waals surface area contributed by atoms with Crippen LogP contribution < -0.4 is 4.74 Å². The van der Waals surface area contributed by atoms with Crippen molar-refractivity contribution in [3.63, 3.8) is 0 Å². The lowest BCUT2D eigenvalue weighted by molar-refractivity contribution is -0.0503. The Morgan fingerprint density at radius 1 is 1.11 bits per heavy atom. The van der Waals surface area contributed by atoms with Gasteiger partial charge in [0.25, 0.3) is 5.91 Å². The van der Waals surface area contributed by atoms with Crippen LogP contribution in [-0.4, -0.2) is 45.3 Å². The summed E-state index contributed by atoms with van der Waals surface area (Å²) in [6, 6.07) is 6.18. The highest BCUT2D eigenvalue weighted by atomic mass is 19.3. The molecule has 0 spiro atoms. The molecule has 1 saturated heterocycles. The van der Waals surface area contributed by atoms with E-state index >= 15 is 0 Å². The maximum atomic E-state index is 13.0. The highest BCUT2D eigenvalue weighted by Gasteiger charge is 2.31. The third-order valence-electron chi connectivity index (χ3n) is 5.55. The van der Waals surface area contributed by atoms with Gasteiger partial charge >= 0.3 is 6.61 Å². The molecule has 1 aromatic carbocycles. The zero-order chi connectivity index (χ0) is 19.5. The normalized spacial score (nSPS) is 20.0. The van der Waals surface area contributed by atoms with Gasteiger partial charge in [-0.05, 0) is 37.8 Å². The van der Waals surface area contributed by atoms with Crippen molar-refractivity contribution in [2.75, 3.05) is 13.1 Å². The van der Waals surface area contributed by atoms with Crippen molar-refractivity contribution in [3.05, 3.63) is 41.5 Å². The first kappa shape index (κ1) is 18.8. The van der Waals surface area contributed by atoms with Crippen LogP contribution in [0.4, 0.5) is 8.78 Å². The van der Waals surface area contributed by atoms with Gasteiger partial charge in [-0.25, -0.2) is 0 Å². The van der Waals surface area contributed by atoms with Gasteiger partial charge in [0.2, 0.25) is 0 Å². The molecule has 2 aliphatic heterocycles. The molecule has 0 radical (unpaired) electrons. The topological polar surface area (TPSA) is 60.2 Å². The van der Waals surface area contributed by atoms with Gasteiger partial charge in [0.15, 0.2) is 0 Å². The molecular weight excluding hydrogens is 366 g/mol. The number of likely N-dealkylation sites (tertiary alicyclic amines) is 1. The molecule has 28 heavy (non-hydrogen) atoms. The number of alkyl halides is 2. The number of nitrogens with zero attached hydrogens (tertiary/aromatic N) is 4. The number of amides is 1. The van der Waals surface area contributed by atoms with Gasteiger partial charge in [-0.1, -0.05) is 18.6 Å². The summed E-state index contributed by atoms with van der Waals surface area (Å²) in [7, 11) is 0. The van der Waals surface area contributed by atoms with Crippen LogP contribution >= 0.6 is 0 Å². The maximum absolute atomic E-state index is 13.0. The number of carbonyl (C=O) groups is 1. The monoisotopic (exact) mass is 390 g/mol. The van der Waals surface area contributed by atoms with Gasteiger partial charge < -0.3 is 14.2 Å². The van der Waals surface area contributed by atoms with Crippen LogP contribution in [0.15, 0.2) is 24.3 Å². The molecule has 1 amide bonds. The summed E-state index contributed by atoms with van der Waals surface area (Å²) in [5.41, 5.74) is 0.170. The van der Waals surface area contributed by atoms with Crippen LogP contribution in [0.25, 0.3) is 0 Å². The second kappa shape index (κ2) is 8.24. The standard InChI is InChI=1S/C20H24F2N4O2/c21-20(22)28-16-9-4-3-8-15(16)19(27)25-11-6-7-14(13-25)18-24-23-17-10-2-1-5-12-26(17)18/h3-4,8-9,14,20H,1-2,5-7,10-13H2. The molecule has 150 valence electrons. The van der Waals surface area contributed by atoms with Crippen molar-refractivity contribution in [2.45, 2.75) is 57.6 Å².